The van der Waals surface area contributed by atoms with Gasteiger partial charge in [-0.1, -0.05) is 20.8 Å². The minimum Gasteiger partial charge on any atom is -0.493 e. The van der Waals surface area contributed by atoms with Gasteiger partial charge in [-0.3, -0.25) is 0 Å². The Balaban J connectivity index is 2.95. The quantitative estimate of drug-likeness (QED) is 0.732. The van der Waals surface area contributed by atoms with Crippen molar-refractivity contribution >= 4 is 0 Å². The largest absolute Gasteiger partial charge is 0.493 e. The highest BCUT2D eigenvalue weighted by molar-refractivity contribution is 5.53. The molecule has 0 spiro atoms. The molecule has 0 aromatic heterocycles. The number of rotatable bonds is 9. The topological polar surface area (TPSA) is 60.0 Å². The van der Waals surface area contributed by atoms with Gasteiger partial charge in [0.2, 0.25) is 5.75 Å². The van der Waals surface area contributed by atoms with Gasteiger partial charge in [0.1, 0.15) is 0 Å². The van der Waals surface area contributed by atoms with Crippen molar-refractivity contribution in [3.8, 4) is 17.2 Å². The molecule has 0 saturated heterocycles. The standard InChI is InChI=1S/C16H27NO4/c1-11(2)17-8-13-6-14(19-4)16(15(7-13)20-5)21-10-12(3)9-18/h6-7,11-12,17-18H,8-10H2,1-5H3. The van der Waals surface area contributed by atoms with E-state index >= 15 is 0 Å². The van der Waals surface area contributed by atoms with Gasteiger partial charge < -0.3 is 24.6 Å². The average molecular weight is 297 g/mol. The van der Waals surface area contributed by atoms with Gasteiger partial charge >= 0.3 is 0 Å². The van der Waals surface area contributed by atoms with Crippen molar-refractivity contribution in [3.05, 3.63) is 17.7 Å². The lowest BCUT2D eigenvalue weighted by molar-refractivity contribution is 0.167. The van der Waals surface area contributed by atoms with Crippen LogP contribution >= 0.6 is 0 Å². The summed E-state index contributed by atoms with van der Waals surface area (Å²) in [7, 11) is 3.22. The second-order valence-electron chi connectivity index (χ2n) is 5.46. The molecule has 5 heteroatoms. The van der Waals surface area contributed by atoms with Crippen molar-refractivity contribution < 1.29 is 19.3 Å². The van der Waals surface area contributed by atoms with Gasteiger partial charge in [0.25, 0.3) is 0 Å². The van der Waals surface area contributed by atoms with Gasteiger partial charge in [-0.2, -0.15) is 0 Å². The van der Waals surface area contributed by atoms with Gasteiger partial charge in [-0.05, 0) is 17.7 Å². The van der Waals surface area contributed by atoms with Crippen molar-refractivity contribution in [2.75, 3.05) is 27.4 Å². The third kappa shape index (κ3) is 5.44. The average Bonchev–Trinajstić information content (AvgIpc) is 2.49. The predicted molar refractivity (Wildman–Crippen MR) is 83.3 cm³/mol. The maximum absolute atomic E-state index is 9.08. The fraction of sp³-hybridized carbons (Fsp3) is 0.625. The molecule has 5 nitrogen and oxygen atoms in total. The van der Waals surface area contributed by atoms with E-state index in [-0.39, 0.29) is 12.5 Å². The van der Waals surface area contributed by atoms with Crippen LogP contribution in [0.3, 0.4) is 0 Å². The van der Waals surface area contributed by atoms with Crippen molar-refractivity contribution in [2.45, 2.75) is 33.4 Å². The van der Waals surface area contributed by atoms with Crippen molar-refractivity contribution in [3.63, 3.8) is 0 Å². The highest BCUT2D eigenvalue weighted by Crippen LogP contribution is 2.38. The second-order valence-corrected chi connectivity index (χ2v) is 5.46. The van der Waals surface area contributed by atoms with Crippen molar-refractivity contribution in [1.82, 2.24) is 5.32 Å². The Hall–Kier alpha value is -1.46. The molecule has 0 heterocycles. The first-order valence-corrected chi connectivity index (χ1v) is 7.23. The number of methoxy groups -OCH3 is 2. The highest BCUT2D eigenvalue weighted by Gasteiger charge is 2.15. The first-order chi connectivity index (χ1) is 10.0. The lowest BCUT2D eigenvalue weighted by Gasteiger charge is -2.18. The van der Waals surface area contributed by atoms with Crippen LogP contribution in [0, 0.1) is 5.92 Å². The summed E-state index contributed by atoms with van der Waals surface area (Å²) in [5.74, 6) is 1.91. The molecule has 0 aliphatic rings. The number of hydrogen-bond donors (Lipinski definition) is 2. The van der Waals surface area contributed by atoms with Gasteiger partial charge in [-0.15, -0.1) is 0 Å². The Bertz CT molecular complexity index is 409. The summed E-state index contributed by atoms with van der Waals surface area (Å²) in [6, 6.07) is 4.29. The lowest BCUT2D eigenvalue weighted by atomic mass is 10.1. The molecule has 120 valence electrons. The maximum atomic E-state index is 9.08. The Morgan fingerprint density at radius 1 is 1.10 bits per heavy atom. The number of benzene rings is 1. The minimum atomic E-state index is 0.0571. The molecule has 1 unspecified atom stereocenters. The number of nitrogens with one attached hydrogen (secondary N) is 1. The summed E-state index contributed by atoms with van der Waals surface area (Å²) >= 11 is 0. The number of hydrogen-bond acceptors (Lipinski definition) is 5. The third-order valence-electron chi connectivity index (χ3n) is 3.06. The molecular weight excluding hydrogens is 270 g/mol. The van der Waals surface area contributed by atoms with E-state index in [0.717, 1.165) is 12.1 Å². The van der Waals surface area contributed by atoms with Crippen LogP contribution < -0.4 is 19.5 Å². The zero-order valence-electron chi connectivity index (χ0n) is 13.6. The second kappa shape index (κ2) is 8.74. The Morgan fingerprint density at radius 2 is 1.67 bits per heavy atom. The minimum absolute atomic E-state index is 0.0571. The van der Waals surface area contributed by atoms with Crippen molar-refractivity contribution in [2.24, 2.45) is 5.92 Å². The molecule has 0 bridgehead atoms. The van der Waals surface area contributed by atoms with E-state index in [1.165, 1.54) is 0 Å². The van der Waals surface area contributed by atoms with Crippen LogP contribution in [-0.2, 0) is 6.54 Å². The van der Waals surface area contributed by atoms with Gasteiger partial charge in [0.05, 0.1) is 20.8 Å². The van der Waals surface area contributed by atoms with Gasteiger partial charge in [0, 0.05) is 25.1 Å². The summed E-state index contributed by atoms with van der Waals surface area (Å²) < 4.78 is 16.6. The van der Waals surface area contributed by atoms with Crippen LogP contribution in [0.2, 0.25) is 0 Å². The SMILES string of the molecule is COc1cc(CNC(C)C)cc(OC)c1OCC(C)CO. The molecule has 2 N–H and O–H groups in total. The molecule has 0 radical (unpaired) electrons. The van der Waals surface area contributed by atoms with E-state index in [0.29, 0.717) is 29.9 Å². The van der Waals surface area contributed by atoms with Crippen LogP contribution in [0.25, 0.3) is 0 Å². The van der Waals surface area contributed by atoms with E-state index in [2.05, 4.69) is 19.2 Å². The van der Waals surface area contributed by atoms with Crippen LogP contribution in [-0.4, -0.2) is 38.6 Å². The molecule has 1 rings (SSSR count). The van der Waals surface area contributed by atoms with E-state index in [4.69, 9.17) is 19.3 Å². The molecule has 1 atom stereocenters. The Kier molecular flexibility index (Phi) is 7.32. The molecule has 0 fully saturated rings. The summed E-state index contributed by atoms with van der Waals surface area (Å²) in [5.41, 5.74) is 1.07. The first kappa shape index (κ1) is 17.6. The Labute approximate surface area is 127 Å². The summed E-state index contributed by atoms with van der Waals surface area (Å²) in [4.78, 5) is 0. The van der Waals surface area contributed by atoms with Crippen LogP contribution in [0.15, 0.2) is 12.1 Å². The predicted octanol–water partition coefficient (Wildman–Crippen LogP) is 2.21. The summed E-state index contributed by atoms with van der Waals surface area (Å²) in [6.07, 6.45) is 0. The summed E-state index contributed by atoms with van der Waals surface area (Å²) in [5, 5.41) is 12.4. The number of ether oxygens (including phenoxy) is 3. The molecule has 0 aliphatic carbocycles. The Morgan fingerprint density at radius 3 is 2.10 bits per heavy atom. The van der Waals surface area contributed by atoms with Gasteiger partial charge in [0.15, 0.2) is 11.5 Å². The monoisotopic (exact) mass is 297 g/mol. The molecular formula is C16H27NO4. The normalized spacial score (nSPS) is 12.3. The third-order valence-corrected chi connectivity index (χ3v) is 3.06. The van der Waals surface area contributed by atoms with Gasteiger partial charge in [-0.25, -0.2) is 0 Å². The number of aliphatic hydroxyl groups is 1. The smallest absolute Gasteiger partial charge is 0.203 e. The van der Waals surface area contributed by atoms with E-state index in [1.54, 1.807) is 14.2 Å². The molecule has 0 aliphatic heterocycles. The summed E-state index contributed by atoms with van der Waals surface area (Å²) in [6.45, 7) is 7.34. The first-order valence-electron chi connectivity index (χ1n) is 7.23. The molecule has 0 saturated carbocycles. The van der Waals surface area contributed by atoms with Crippen LogP contribution in [0.4, 0.5) is 0 Å². The molecule has 21 heavy (non-hydrogen) atoms. The van der Waals surface area contributed by atoms with E-state index < -0.39 is 0 Å². The number of aliphatic hydroxyl groups excluding tert-OH is 1. The highest BCUT2D eigenvalue weighted by atomic mass is 16.5. The molecule has 1 aromatic rings. The van der Waals surface area contributed by atoms with Crippen LogP contribution in [0.1, 0.15) is 26.3 Å². The maximum Gasteiger partial charge on any atom is 0.203 e. The van der Waals surface area contributed by atoms with E-state index in [9.17, 15) is 0 Å². The molecule has 1 aromatic carbocycles. The lowest BCUT2D eigenvalue weighted by Crippen LogP contribution is -2.22. The fourth-order valence-corrected chi connectivity index (χ4v) is 1.78. The van der Waals surface area contributed by atoms with Crippen molar-refractivity contribution in [1.29, 1.82) is 0 Å². The zero-order valence-corrected chi connectivity index (χ0v) is 13.6. The van der Waals surface area contributed by atoms with Crippen LogP contribution in [0.5, 0.6) is 17.2 Å². The fourth-order valence-electron chi connectivity index (χ4n) is 1.78. The zero-order chi connectivity index (χ0) is 15.8. The van der Waals surface area contributed by atoms with E-state index in [1.807, 2.05) is 19.1 Å². The molecule has 0 amide bonds.